The Bertz CT molecular complexity index is 813. The molecule has 0 heterocycles. The molecule has 2 aromatic rings. The zero-order chi connectivity index (χ0) is 20.9. The van der Waals surface area contributed by atoms with Crippen LogP contribution in [0.4, 0.5) is 0 Å². The maximum absolute atomic E-state index is 11.2. The molecule has 0 radical (unpaired) electrons. The van der Waals surface area contributed by atoms with E-state index in [1.54, 1.807) is 18.2 Å². The van der Waals surface area contributed by atoms with Crippen molar-refractivity contribution in [3.63, 3.8) is 0 Å². The van der Waals surface area contributed by atoms with Gasteiger partial charge in [-0.05, 0) is 81.5 Å². The van der Waals surface area contributed by atoms with E-state index in [4.69, 9.17) is 5.11 Å². The number of likely N-dealkylation sites (N-methyl/N-ethyl adjacent to an activating group) is 1. The van der Waals surface area contributed by atoms with Gasteiger partial charge in [0.1, 0.15) is 0 Å². The lowest BCUT2D eigenvalue weighted by molar-refractivity contribution is 0.0343. The molecule has 0 saturated heterocycles. The van der Waals surface area contributed by atoms with Gasteiger partial charge < -0.3 is 15.1 Å². The number of aliphatic hydroxyl groups is 1. The minimum Gasteiger partial charge on any atom is -0.478 e. The van der Waals surface area contributed by atoms with Gasteiger partial charge in [-0.15, -0.1) is 0 Å². The smallest absolute Gasteiger partial charge is 0.335 e. The number of carboxylic acid groups (broad SMARTS) is 1. The molecule has 4 nitrogen and oxygen atoms in total. The third-order valence-corrected chi connectivity index (χ3v) is 5.70. The van der Waals surface area contributed by atoms with Gasteiger partial charge in [-0.25, -0.2) is 4.79 Å². The van der Waals surface area contributed by atoms with Gasteiger partial charge in [0.15, 0.2) is 0 Å². The third-order valence-electron chi connectivity index (χ3n) is 5.70. The summed E-state index contributed by atoms with van der Waals surface area (Å²) in [5.41, 5.74) is 3.80. The Morgan fingerprint density at radius 1 is 1.18 bits per heavy atom. The fraction of sp³-hybridized carbons (Fsp3) is 0.458. The van der Waals surface area contributed by atoms with Crippen molar-refractivity contribution in [1.82, 2.24) is 4.90 Å². The van der Waals surface area contributed by atoms with Gasteiger partial charge in [0.05, 0.1) is 11.2 Å². The predicted octanol–water partition coefficient (Wildman–Crippen LogP) is 4.42. The molecule has 28 heavy (non-hydrogen) atoms. The summed E-state index contributed by atoms with van der Waals surface area (Å²) in [4.78, 5) is 13.4. The Kier molecular flexibility index (Phi) is 7.39. The molecule has 0 aliphatic rings. The number of benzene rings is 2. The van der Waals surface area contributed by atoms with Crippen molar-refractivity contribution in [2.45, 2.75) is 58.6 Å². The second-order valence-electron chi connectivity index (χ2n) is 8.07. The molecule has 0 amide bonds. The van der Waals surface area contributed by atoms with Gasteiger partial charge in [-0.3, -0.25) is 0 Å². The van der Waals surface area contributed by atoms with Crippen molar-refractivity contribution < 1.29 is 15.0 Å². The number of hydrogen-bond donors (Lipinski definition) is 2. The Morgan fingerprint density at radius 3 is 2.54 bits per heavy atom. The summed E-state index contributed by atoms with van der Waals surface area (Å²) in [7, 11) is 2.05. The quantitative estimate of drug-likeness (QED) is 0.673. The van der Waals surface area contributed by atoms with E-state index in [9.17, 15) is 9.90 Å². The van der Waals surface area contributed by atoms with E-state index >= 15 is 0 Å². The lowest BCUT2D eigenvalue weighted by Gasteiger charge is -2.31. The molecule has 0 saturated carbocycles. The summed E-state index contributed by atoms with van der Waals surface area (Å²) in [6, 6.07) is 13.7. The average Bonchev–Trinajstić information content (AvgIpc) is 2.66. The number of carboxylic acids is 1. The Morgan fingerprint density at radius 2 is 1.89 bits per heavy atom. The van der Waals surface area contributed by atoms with E-state index in [1.807, 2.05) is 19.9 Å². The molecule has 152 valence electrons. The van der Waals surface area contributed by atoms with Crippen LogP contribution in [0.25, 0.3) is 0 Å². The first-order valence-corrected chi connectivity index (χ1v) is 9.99. The summed E-state index contributed by atoms with van der Waals surface area (Å²) in [6.45, 7) is 8.94. The summed E-state index contributed by atoms with van der Waals surface area (Å²) >= 11 is 0. The summed E-state index contributed by atoms with van der Waals surface area (Å²) < 4.78 is 0. The van der Waals surface area contributed by atoms with Crippen LogP contribution in [0.5, 0.6) is 0 Å². The number of nitrogens with zero attached hydrogens (tertiary/aromatic N) is 1. The van der Waals surface area contributed by atoms with E-state index in [2.05, 4.69) is 44.0 Å². The highest BCUT2D eigenvalue weighted by Crippen LogP contribution is 2.29. The predicted molar refractivity (Wildman–Crippen MR) is 114 cm³/mol. The Hall–Kier alpha value is -2.17. The first kappa shape index (κ1) is 22.1. The van der Waals surface area contributed by atoms with Crippen LogP contribution in [0.1, 0.15) is 59.8 Å². The van der Waals surface area contributed by atoms with Gasteiger partial charge in [0.2, 0.25) is 0 Å². The molecule has 0 fully saturated rings. The highest BCUT2D eigenvalue weighted by Gasteiger charge is 2.26. The number of aromatic carboxylic acids is 1. The van der Waals surface area contributed by atoms with E-state index < -0.39 is 11.6 Å². The number of hydrogen-bond acceptors (Lipinski definition) is 3. The van der Waals surface area contributed by atoms with Crippen molar-refractivity contribution in [2.24, 2.45) is 0 Å². The lowest BCUT2D eigenvalue weighted by atomic mass is 9.87. The van der Waals surface area contributed by atoms with Crippen LogP contribution in [-0.2, 0) is 18.4 Å². The number of aryl methyl sites for hydroxylation is 2. The maximum Gasteiger partial charge on any atom is 0.335 e. The molecule has 0 aliphatic carbocycles. The number of rotatable bonds is 9. The van der Waals surface area contributed by atoms with E-state index in [-0.39, 0.29) is 6.04 Å². The fourth-order valence-corrected chi connectivity index (χ4v) is 3.55. The second-order valence-corrected chi connectivity index (χ2v) is 8.07. The van der Waals surface area contributed by atoms with Crippen molar-refractivity contribution in [3.05, 3.63) is 70.3 Å². The minimum absolute atomic E-state index is 0.239. The molecule has 2 unspecified atom stereocenters. The molecule has 0 aromatic heterocycles. The highest BCUT2D eigenvalue weighted by atomic mass is 16.4. The monoisotopic (exact) mass is 383 g/mol. The molecule has 2 rings (SSSR count). The van der Waals surface area contributed by atoms with Gasteiger partial charge in [0, 0.05) is 12.6 Å². The van der Waals surface area contributed by atoms with Gasteiger partial charge >= 0.3 is 5.97 Å². The Balaban J connectivity index is 2.01. The zero-order valence-corrected chi connectivity index (χ0v) is 17.7. The molecule has 0 bridgehead atoms. The SMILES string of the molecule is CCc1ccc(C)c(C(C)(O)CCN(C)C(C)Cc2cccc(C(=O)O)c2)c1. The fourth-order valence-electron chi connectivity index (χ4n) is 3.55. The largest absolute Gasteiger partial charge is 0.478 e. The summed E-state index contributed by atoms with van der Waals surface area (Å²) in [5, 5.41) is 20.3. The van der Waals surface area contributed by atoms with Crippen molar-refractivity contribution in [2.75, 3.05) is 13.6 Å². The standard InChI is InChI=1S/C24H33NO3/c1-6-19-11-10-17(2)22(16-19)24(4,28)12-13-25(5)18(3)14-20-8-7-9-21(15-20)23(26)27/h7-11,15-16,18,28H,6,12-14H2,1-5H3,(H,26,27). The second kappa shape index (κ2) is 9.35. The molecule has 2 aromatic carbocycles. The minimum atomic E-state index is -0.899. The Labute approximate surface area is 168 Å². The van der Waals surface area contributed by atoms with Crippen LogP contribution < -0.4 is 0 Å². The van der Waals surface area contributed by atoms with Crippen molar-refractivity contribution in [1.29, 1.82) is 0 Å². The van der Waals surface area contributed by atoms with Gasteiger partial charge in [-0.2, -0.15) is 0 Å². The highest BCUT2D eigenvalue weighted by molar-refractivity contribution is 5.87. The van der Waals surface area contributed by atoms with E-state index in [0.717, 1.165) is 36.1 Å². The van der Waals surface area contributed by atoms with Crippen LogP contribution in [0, 0.1) is 6.92 Å². The zero-order valence-electron chi connectivity index (χ0n) is 17.7. The molecule has 4 heteroatoms. The third kappa shape index (κ3) is 5.66. The van der Waals surface area contributed by atoms with Gasteiger partial charge in [-0.1, -0.05) is 37.3 Å². The van der Waals surface area contributed by atoms with Crippen LogP contribution in [-0.4, -0.2) is 40.7 Å². The topological polar surface area (TPSA) is 60.8 Å². The summed E-state index contributed by atoms with van der Waals surface area (Å²) in [5.74, 6) is -0.899. The van der Waals surface area contributed by atoms with Crippen LogP contribution in [0.3, 0.4) is 0 Å². The average molecular weight is 384 g/mol. The van der Waals surface area contributed by atoms with Crippen molar-refractivity contribution in [3.8, 4) is 0 Å². The van der Waals surface area contributed by atoms with E-state index in [0.29, 0.717) is 12.0 Å². The van der Waals surface area contributed by atoms with E-state index in [1.165, 1.54) is 5.56 Å². The van der Waals surface area contributed by atoms with Crippen LogP contribution in [0.2, 0.25) is 0 Å². The van der Waals surface area contributed by atoms with Crippen molar-refractivity contribution >= 4 is 5.97 Å². The maximum atomic E-state index is 11.2. The summed E-state index contributed by atoms with van der Waals surface area (Å²) in [6.07, 6.45) is 2.36. The van der Waals surface area contributed by atoms with Gasteiger partial charge in [0.25, 0.3) is 0 Å². The molecular weight excluding hydrogens is 350 g/mol. The number of carbonyl (C=O) groups is 1. The van der Waals surface area contributed by atoms with Crippen LogP contribution in [0.15, 0.2) is 42.5 Å². The molecule has 0 spiro atoms. The van der Waals surface area contributed by atoms with Crippen LogP contribution >= 0.6 is 0 Å². The molecule has 2 atom stereocenters. The molecule has 2 N–H and O–H groups in total. The first-order chi connectivity index (χ1) is 13.1. The lowest BCUT2D eigenvalue weighted by Crippen LogP contribution is -2.36. The molecular formula is C24H33NO3. The normalized spacial score (nSPS) is 14.7. The first-order valence-electron chi connectivity index (χ1n) is 9.99. The molecule has 0 aliphatic heterocycles.